The van der Waals surface area contributed by atoms with Gasteiger partial charge in [0, 0.05) is 12.5 Å². The van der Waals surface area contributed by atoms with E-state index in [0.717, 1.165) is 17.9 Å². The Kier molecular flexibility index (Phi) is 2.65. The SMILES string of the molecule is CC(C)c1cc(CCN)on1. The van der Waals surface area contributed by atoms with Crippen LogP contribution in [0.4, 0.5) is 0 Å². The molecule has 1 rings (SSSR count). The average molecular weight is 154 g/mol. The van der Waals surface area contributed by atoms with Crippen molar-refractivity contribution in [3.63, 3.8) is 0 Å². The van der Waals surface area contributed by atoms with Crippen LogP contribution in [0.3, 0.4) is 0 Å². The van der Waals surface area contributed by atoms with Crippen LogP contribution in [0.5, 0.6) is 0 Å². The van der Waals surface area contributed by atoms with Crippen LogP contribution in [0.15, 0.2) is 10.6 Å². The van der Waals surface area contributed by atoms with E-state index in [4.69, 9.17) is 10.3 Å². The van der Waals surface area contributed by atoms with Gasteiger partial charge in [0.1, 0.15) is 5.76 Å². The zero-order valence-electron chi connectivity index (χ0n) is 7.00. The molecule has 0 saturated carbocycles. The second-order valence-electron chi connectivity index (χ2n) is 2.91. The van der Waals surface area contributed by atoms with Crippen molar-refractivity contribution in [1.82, 2.24) is 5.16 Å². The van der Waals surface area contributed by atoms with Crippen molar-refractivity contribution in [2.45, 2.75) is 26.2 Å². The molecule has 1 heterocycles. The number of hydrogen-bond acceptors (Lipinski definition) is 3. The average Bonchev–Trinajstić information content (AvgIpc) is 2.37. The Bertz CT molecular complexity index is 218. The van der Waals surface area contributed by atoms with E-state index in [1.165, 1.54) is 0 Å². The molecule has 2 N–H and O–H groups in total. The molecule has 0 aliphatic heterocycles. The van der Waals surface area contributed by atoms with Gasteiger partial charge in [-0.1, -0.05) is 19.0 Å². The molecule has 0 fully saturated rings. The van der Waals surface area contributed by atoms with Gasteiger partial charge >= 0.3 is 0 Å². The summed E-state index contributed by atoms with van der Waals surface area (Å²) in [6.45, 7) is 4.79. The molecule has 0 aliphatic rings. The summed E-state index contributed by atoms with van der Waals surface area (Å²) in [5, 5.41) is 3.90. The van der Waals surface area contributed by atoms with Gasteiger partial charge < -0.3 is 10.3 Å². The lowest BCUT2D eigenvalue weighted by Gasteiger charge is -1.93. The van der Waals surface area contributed by atoms with Gasteiger partial charge in [-0.3, -0.25) is 0 Å². The topological polar surface area (TPSA) is 52.0 Å². The first-order valence-electron chi connectivity index (χ1n) is 3.89. The quantitative estimate of drug-likeness (QED) is 0.714. The first kappa shape index (κ1) is 8.27. The lowest BCUT2D eigenvalue weighted by atomic mass is 10.1. The van der Waals surface area contributed by atoms with E-state index in [-0.39, 0.29) is 0 Å². The van der Waals surface area contributed by atoms with Crippen LogP contribution in [0.1, 0.15) is 31.2 Å². The third-order valence-corrected chi connectivity index (χ3v) is 1.56. The largest absolute Gasteiger partial charge is 0.361 e. The zero-order chi connectivity index (χ0) is 8.27. The van der Waals surface area contributed by atoms with E-state index in [2.05, 4.69) is 19.0 Å². The molecule has 0 aromatic carbocycles. The Hall–Kier alpha value is -0.830. The van der Waals surface area contributed by atoms with Gasteiger partial charge in [0.15, 0.2) is 0 Å². The van der Waals surface area contributed by atoms with Crippen LogP contribution in [-0.4, -0.2) is 11.7 Å². The molecule has 0 aliphatic carbocycles. The van der Waals surface area contributed by atoms with Gasteiger partial charge in [0.05, 0.1) is 5.69 Å². The van der Waals surface area contributed by atoms with Crippen LogP contribution in [0, 0.1) is 0 Å². The molecule has 3 nitrogen and oxygen atoms in total. The number of nitrogens with two attached hydrogens (primary N) is 1. The minimum absolute atomic E-state index is 0.435. The van der Waals surface area contributed by atoms with Crippen LogP contribution in [-0.2, 0) is 6.42 Å². The molecule has 0 spiro atoms. The van der Waals surface area contributed by atoms with E-state index in [1.807, 2.05) is 6.07 Å². The molecule has 1 aromatic rings. The molecule has 0 saturated heterocycles. The smallest absolute Gasteiger partial charge is 0.138 e. The Morgan fingerprint density at radius 3 is 2.82 bits per heavy atom. The molecule has 0 atom stereocenters. The van der Waals surface area contributed by atoms with E-state index in [9.17, 15) is 0 Å². The highest BCUT2D eigenvalue weighted by atomic mass is 16.5. The third-order valence-electron chi connectivity index (χ3n) is 1.56. The van der Waals surface area contributed by atoms with Crippen molar-refractivity contribution >= 4 is 0 Å². The molecular formula is C8H14N2O. The normalized spacial score (nSPS) is 10.9. The van der Waals surface area contributed by atoms with Gasteiger partial charge in [-0.05, 0) is 12.5 Å². The Balaban J connectivity index is 2.66. The van der Waals surface area contributed by atoms with Gasteiger partial charge in [0.2, 0.25) is 0 Å². The standard InChI is InChI=1S/C8H14N2O/c1-6(2)8-5-7(3-4-9)11-10-8/h5-6H,3-4,9H2,1-2H3. The molecular weight excluding hydrogens is 140 g/mol. The second kappa shape index (κ2) is 3.53. The number of aromatic nitrogens is 1. The van der Waals surface area contributed by atoms with E-state index < -0.39 is 0 Å². The number of rotatable bonds is 3. The Morgan fingerprint density at radius 1 is 1.64 bits per heavy atom. The first-order chi connectivity index (χ1) is 5.24. The lowest BCUT2D eigenvalue weighted by Crippen LogP contribution is -2.01. The minimum atomic E-state index is 0.435. The maximum absolute atomic E-state index is 5.36. The van der Waals surface area contributed by atoms with Crippen molar-refractivity contribution in [2.24, 2.45) is 5.73 Å². The van der Waals surface area contributed by atoms with E-state index >= 15 is 0 Å². The highest BCUT2D eigenvalue weighted by Gasteiger charge is 2.05. The maximum atomic E-state index is 5.36. The Morgan fingerprint density at radius 2 is 2.36 bits per heavy atom. The predicted octanol–water partition coefficient (Wildman–Crippen LogP) is 1.30. The van der Waals surface area contributed by atoms with Crippen LogP contribution in [0.2, 0.25) is 0 Å². The maximum Gasteiger partial charge on any atom is 0.138 e. The Labute approximate surface area is 66.6 Å². The van der Waals surface area contributed by atoms with Crippen molar-refractivity contribution < 1.29 is 4.52 Å². The summed E-state index contributed by atoms with van der Waals surface area (Å²) < 4.78 is 5.04. The van der Waals surface area contributed by atoms with Crippen molar-refractivity contribution in [3.8, 4) is 0 Å². The molecule has 62 valence electrons. The summed E-state index contributed by atoms with van der Waals surface area (Å²) in [5.41, 5.74) is 6.37. The molecule has 0 amide bonds. The fourth-order valence-corrected chi connectivity index (χ4v) is 0.861. The summed E-state index contributed by atoms with van der Waals surface area (Å²) in [5.74, 6) is 1.32. The van der Waals surface area contributed by atoms with Crippen molar-refractivity contribution in [3.05, 3.63) is 17.5 Å². The first-order valence-corrected chi connectivity index (χ1v) is 3.89. The number of nitrogens with zero attached hydrogens (tertiary/aromatic N) is 1. The lowest BCUT2D eigenvalue weighted by molar-refractivity contribution is 0.376. The van der Waals surface area contributed by atoms with Crippen molar-refractivity contribution in [2.75, 3.05) is 6.54 Å². The van der Waals surface area contributed by atoms with Crippen molar-refractivity contribution in [1.29, 1.82) is 0 Å². The highest BCUT2D eigenvalue weighted by molar-refractivity contribution is 5.08. The van der Waals surface area contributed by atoms with Crippen LogP contribution >= 0.6 is 0 Å². The monoisotopic (exact) mass is 154 g/mol. The fraction of sp³-hybridized carbons (Fsp3) is 0.625. The summed E-state index contributed by atoms with van der Waals surface area (Å²) in [7, 11) is 0. The van der Waals surface area contributed by atoms with Gasteiger partial charge in [-0.2, -0.15) is 0 Å². The van der Waals surface area contributed by atoms with E-state index in [1.54, 1.807) is 0 Å². The molecule has 0 bridgehead atoms. The summed E-state index contributed by atoms with van der Waals surface area (Å²) >= 11 is 0. The van der Waals surface area contributed by atoms with E-state index in [0.29, 0.717) is 12.5 Å². The zero-order valence-corrected chi connectivity index (χ0v) is 7.00. The fourth-order valence-electron chi connectivity index (χ4n) is 0.861. The number of hydrogen-bond donors (Lipinski definition) is 1. The molecule has 0 unspecified atom stereocenters. The molecule has 3 heteroatoms. The molecule has 1 aromatic heterocycles. The predicted molar refractivity (Wildman–Crippen MR) is 43.4 cm³/mol. The summed E-state index contributed by atoms with van der Waals surface area (Å²) in [6, 6.07) is 1.97. The molecule has 0 radical (unpaired) electrons. The van der Waals surface area contributed by atoms with Gasteiger partial charge in [0.25, 0.3) is 0 Å². The summed E-state index contributed by atoms with van der Waals surface area (Å²) in [4.78, 5) is 0. The van der Waals surface area contributed by atoms with Crippen LogP contribution < -0.4 is 5.73 Å². The third kappa shape index (κ3) is 2.05. The van der Waals surface area contributed by atoms with Gasteiger partial charge in [-0.25, -0.2) is 0 Å². The molecule has 11 heavy (non-hydrogen) atoms. The summed E-state index contributed by atoms with van der Waals surface area (Å²) in [6.07, 6.45) is 0.778. The van der Waals surface area contributed by atoms with Gasteiger partial charge in [-0.15, -0.1) is 0 Å². The van der Waals surface area contributed by atoms with Crippen LogP contribution in [0.25, 0.3) is 0 Å². The highest BCUT2D eigenvalue weighted by Crippen LogP contribution is 2.13. The second-order valence-corrected chi connectivity index (χ2v) is 2.91. The minimum Gasteiger partial charge on any atom is -0.361 e.